The largest absolute Gasteiger partial charge is 0.455 e. The molecular weight excluding hydrogens is 944 g/mol. The van der Waals surface area contributed by atoms with E-state index in [1.807, 2.05) is 16.9 Å². The van der Waals surface area contributed by atoms with Crippen LogP contribution in [0.5, 0.6) is 11.5 Å². The molecule has 2 saturated heterocycles. The first-order chi connectivity index (χ1) is 33.2. The molecule has 19 nitrogen and oxygen atoms in total. The quantitative estimate of drug-likeness (QED) is 0.0573. The summed E-state index contributed by atoms with van der Waals surface area (Å²) in [6.45, 7) is 8.91. The van der Waals surface area contributed by atoms with Crippen LogP contribution in [0.1, 0.15) is 106 Å². The smallest absolute Gasteiger partial charge is 0.312 e. The number of aliphatic hydroxyl groups is 1. The number of anilines is 2. The van der Waals surface area contributed by atoms with E-state index in [9.17, 15) is 41.2 Å². The summed E-state index contributed by atoms with van der Waals surface area (Å²) in [5, 5.41) is 31.2. The van der Waals surface area contributed by atoms with Gasteiger partial charge in [0.2, 0.25) is 5.82 Å². The van der Waals surface area contributed by atoms with E-state index < -0.39 is 53.1 Å². The van der Waals surface area contributed by atoms with Gasteiger partial charge in [0.15, 0.2) is 0 Å². The van der Waals surface area contributed by atoms with Gasteiger partial charge >= 0.3 is 5.69 Å². The molecule has 0 bridgehead atoms. The molecule has 0 radical (unpaired) electrons. The Hall–Kier alpha value is -5.78. The van der Waals surface area contributed by atoms with Gasteiger partial charge < -0.3 is 25.0 Å². The number of aromatic amines is 1. The zero-order valence-electron chi connectivity index (χ0n) is 39.3. The Labute approximate surface area is 406 Å². The first kappa shape index (κ1) is 49.2. The van der Waals surface area contributed by atoms with Crippen molar-refractivity contribution in [2.75, 3.05) is 49.5 Å². The van der Waals surface area contributed by atoms with Crippen molar-refractivity contribution in [3.05, 3.63) is 106 Å². The number of nitro groups is 1. The van der Waals surface area contributed by atoms with Crippen molar-refractivity contribution < 1.29 is 40.8 Å². The number of hydrogen-bond donors (Lipinski definition) is 5. The van der Waals surface area contributed by atoms with E-state index >= 15 is 0 Å². The normalized spacial score (nSPS) is 22.5. The van der Waals surface area contributed by atoms with Crippen molar-refractivity contribution in [3.8, 4) is 11.5 Å². The Morgan fingerprint density at radius 2 is 1.74 bits per heavy atom. The number of amides is 1. The van der Waals surface area contributed by atoms with Crippen LogP contribution in [0.2, 0.25) is 0 Å². The lowest BCUT2D eigenvalue weighted by molar-refractivity contribution is -0.384. The minimum absolute atomic E-state index is 0.0366. The molecule has 1 atom stereocenters. The van der Waals surface area contributed by atoms with E-state index in [2.05, 4.69) is 56.0 Å². The van der Waals surface area contributed by atoms with Crippen molar-refractivity contribution in [3.63, 3.8) is 0 Å². The van der Waals surface area contributed by atoms with Gasteiger partial charge in [-0.15, -0.1) is 0 Å². The zero-order chi connectivity index (χ0) is 49.8. The van der Waals surface area contributed by atoms with Gasteiger partial charge in [-0.2, -0.15) is 12.7 Å². The monoisotopic (exact) mass is 1000 g/mol. The first-order valence-electron chi connectivity index (χ1n) is 23.7. The van der Waals surface area contributed by atoms with E-state index in [0.717, 1.165) is 49.7 Å². The Morgan fingerprint density at radius 3 is 2.44 bits per heavy atom. The molecule has 2 aromatic carbocycles. The molecule has 2 aliphatic heterocycles. The molecule has 2 saturated carbocycles. The van der Waals surface area contributed by atoms with Crippen LogP contribution in [0.4, 0.5) is 21.6 Å². The molecule has 4 aliphatic rings. The van der Waals surface area contributed by atoms with E-state index in [1.165, 1.54) is 28.2 Å². The highest BCUT2D eigenvalue weighted by atomic mass is 32.2. The number of benzene rings is 2. The molecule has 6 N–H and O–H groups in total. The number of piperazine rings is 1. The SMILES string of the molecule is CC(C)c1ccccc1[C@@H]1CN(S(N)(=O)=O)CCN1C1CC2(CCN(c3ccc(C(=O)NS(=O)(=O)c4cnc(NCC5CCC(C)(O)CC5)c([N+](=O)[O-])c4)c(Oc4cnc5[nH]cc(F)c5c4)c3)CC2)C1. The van der Waals surface area contributed by atoms with Crippen molar-refractivity contribution in [1.29, 1.82) is 0 Å². The van der Waals surface area contributed by atoms with Gasteiger partial charge in [-0.1, -0.05) is 38.1 Å². The second-order valence-electron chi connectivity index (χ2n) is 20.0. The first-order valence-corrected chi connectivity index (χ1v) is 26.7. The third-order valence-corrected chi connectivity index (χ3v) is 17.3. The number of aromatic nitrogens is 3. The van der Waals surface area contributed by atoms with E-state index in [4.69, 9.17) is 9.88 Å². The molecule has 70 heavy (non-hydrogen) atoms. The summed E-state index contributed by atoms with van der Waals surface area (Å²) in [6, 6.07) is 15.4. The van der Waals surface area contributed by atoms with Gasteiger partial charge in [-0.05, 0) is 105 Å². The van der Waals surface area contributed by atoms with Gasteiger partial charge in [0.05, 0.1) is 33.9 Å². The number of pyridine rings is 2. The van der Waals surface area contributed by atoms with Gasteiger partial charge in [-0.3, -0.25) is 19.8 Å². The average molecular weight is 1000 g/mol. The molecule has 3 aromatic heterocycles. The highest BCUT2D eigenvalue weighted by molar-refractivity contribution is 7.90. The molecule has 2 aliphatic carbocycles. The summed E-state index contributed by atoms with van der Waals surface area (Å²) in [5.41, 5.74) is 1.83. The minimum Gasteiger partial charge on any atom is -0.455 e. The fourth-order valence-electron chi connectivity index (χ4n) is 10.8. The number of fused-ring (bicyclic) bond motifs is 1. The number of carbonyl (C=O) groups excluding carboxylic acids is 1. The standard InChI is InChI=1S/C48H59FN10O9S2/c1-30(2)36-6-4-5-7-37(36)42-29-57(70(50,66)67)18-19-58(42)33-23-48(24-33)14-16-56(17-15-48)32-8-9-38(43(20-32)68-34-21-39-40(49)28-54-44(39)52-26-34)46(60)55-69(64,65)35-22-41(59(62)63)45(53-27-35)51-25-31-10-12-47(3,61)13-11-31/h4-9,20-22,26-28,30-31,33,42,61H,10-19,23-25,29H2,1-3H3,(H,51,53)(H,52,54)(H,55,60)(H2,50,66,67)/t31?,42-,47?/m0/s1. The van der Waals surface area contributed by atoms with Crippen LogP contribution >= 0.6 is 0 Å². The molecule has 5 heterocycles. The van der Waals surface area contributed by atoms with Crippen molar-refractivity contribution in [2.24, 2.45) is 16.5 Å². The maximum Gasteiger partial charge on any atom is 0.312 e. The van der Waals surface area contributed by atoms with E-state index in [0.29, 0.717) is 64.1 Å². The molecule has 22 heteroatoms. The Balaban J connectivity index is 0.912. The van der Waals surface area contributed by atoms with Crippen LogP contribution in [-0.4, -0.2) is 108 Å². The van der Waals surface area contributed by atoms with Crippen molar-refractivity contribution >= 4 is 54.4 Å². The topological polar surface area (TPSA) is 259 Å². The number of ether oxygens (including phenoxy) is 1. The van der Waals surface area contributed by atoms with Crippen molar-refractivity contribution in [2.45, 2.75) is 101 Å². The number of piperidine rings is 1. The predicted molar refractivity (Wildman–Crippen MR) is 261 cm³/mol. The maximum absolute atomic E-state index is 14.7. The van der Waals surface area contributed by atoms with Gasteiger partial charge in [0.25, 0.3) is 26.1 Å². The number of halogens is 1. The van der Waals surface area contributed by atoms with Crippen molar-refractivity contribution in [1.82, 2.24) is 28.9 Å². The van der Waals surface area contributed by atoms with E-state index in [-0.39, 0.29) is 69.8 Å². The molecule has 1 amide bonds. The van der Waals surface area contributed by atoms with Crippen LogP contribution < -0.4 is 24.8 Å². The number of nitrogens with zero attached hydrogens (tertiary/aromatic N) is 6. The van der Waals surface area contributed by atoms with E-state index in [1.54, 1.807) is 19.1 Å². The maximum atomic E-state index is 14.7. The van der Waals surface area contributed by atoms with Gasteiger partial charge in [0, 0.05) is 75.4 Å². The molecule has 5 aromatic rings. The van der Waals surface area contributed by atoms with Gasteiger partial charge in [-0.25, -0.2) is 32.6 Å². The molecule has 0 unspecified atom stereocenters. The molecular formula is C48H59FN10O9S2. The summed E-state index contributed by atoms with van der Waals surface area (Å²) >= 11 is 0. The highest BCUT2D eigenvalue weighted by Crippen LogP contribution is 2.53. The number of sulfonamides is 1. The molecule has 9 rings (SSSR count). The molecule has 374 valence electrons. The number of nitrogens with one attached hydrogen (secondary N) is 3. The second-order valence-corrected chi connectivity index (χ2v) is 23.3. The number of nitrogens with two attached hydrogens (primary N) is 1. The van der Waals surface area contributed by atoms with Gasteiger partial charge in [0.1, 0.15) is 27.9 Å². The minimum atomic E-state index is -4.73. The summed E-state index contributed by atoms with van der Waals surface area (Å²) in [4.78, 5) is 40.5. The number of hydrogen-bond acceptors (Lipinski definition) is 14. The second kappa shape index (κ2) is 19.1. The third kappa shape index (κ3) is 10.3. The molecule has 4 fully saturated rings. The number of H-pyrrole nitrogens is 1. The van der Waals surface area contributed by atoms with Crippen LogP contribution in [0, 0.1) is 27.3 Å². The van der Waals surface area contributed by atoms with Crippen LogP contribution in [-0.2, 0) is 20.2 Å². The Kier molecular flexibility index (Phi) is 13.4. The zero-order valence-corrected chi connectivity index (χ0v) is 40.9. The Bertz CT molecular complexity index is 3020. The summed E-state index contributed by atoms with van der Waals surface area (Å²) in [5.74, 6) is -1.36. The summed E-state index contributed by atoms with van der Waals surface area (Å²) < 4.78 is 76.8. The fraction of sp³-hybridized carbons (Fsp3) is 0.479. The number of rotatable bonds is 14. The highest BCUT2D eigenvalue weighted by Gasteiger charge is 2.50. The predicted octanol–water partition coefficient (Wildman–Crippen LogP) is 6.70. The fourth-order valence-corrected chi connectivity index (χ4v) is 12.4. The van der Waals surface area contributed by atoms with Crippen LogP contribution in [0.25, 0.3) is 11.0 Å². The number of carbonyl (C=O) groups is 1. The average Bonchev–Trinajstić information content (AvgIpc) is 3.68. The lowest BCUT2D eigenvalue weighted by Crippen LogP contribution is -2.61. The third-order valence-electron chi connectivity index (χ3n) is 14.9. The summed E-state index contributed by atoms with van der Waals surface area (Å²) in [7, 11) is -8.60. The lowest BCUT2D eigenvalue weighted by Gasteiger charge is -2.58. The summed E-state index contributed by atoms with van der Waals surface area (Å²) in [6.07, 6.45) is 9.67. The Morgan fingerprint density at radius 1 is 1.01 bits per heavy atom. The molecule has 1 spiro atoms. The van der Waals surface area contributed by atoms with Crippen LogP contribution in [0.15, 0.2) is 78.1 Å². The van der Waals surface area contributed by atoms with Crippen LogP contribution in [0.3, 0.4) is 0 Å². The lowest BCUT2D eigenvalue weighted by atomic mass is 9.59.